The molecule has 0 bridgehead atoms. The van der Waals surface area contributed by atoms with E-state index in [4.69, 9.17) is 0 Å². The minimum atomic E-state index is 0.692. The summed E-state index contributed by atoms with van der Waals surface area (Å²) in [5.74, 6) is 0.692. The molecule has 0 aliphatic carbocycles. The first-order valence-electron chi connectivity index (χ1n) is 6.76. The third kappa shape index (κ3) is 2.39. The van der Waals surface area contributed by atoms with E-state index in [-0.39, 0.29) is 0 Å². The first-order chi connectivity index (χ1) is 9.24. The normalized spacial score (nSPS) is 11.3. The molecular weight excluding hydrogens is 232 g/mol. The highest BCUT2D eigenvalue weighted by Gasteiger charge is 2.07. The zero-order chi connectivity index (χ0) is 13.2. The van der Waals surface area contributed by atoms with Gasteiger partial charge in [-0.05, 0) is 24.0 Å². The number of nitrogens with zero attached hydrogens (tertiary/aromatic N) is 1. The predicted octanol–water partition coefficient (Wildman–Crippen LogP) is 4.43. The lowest BCUT2D eigenvalue weighted by molar-refractivity contribution is 0.647. The van der Waals surface area contributed by atoms with Crippen molar-refractivity contribution in [3.05, 3.63) is 54.1 Å². The average Bonchev–Trinajstić information content (AvgIpc) is 2.83. The monoisotopic (exact) mass is 250 g/mol. The summed E-state index contributed by atoms with van der Waals surface area (Å²) >= 11 is 0. The molecule has 2 nitrogen and oxygen atoms in total. The fourth-order valence-corrected chi connectivity index (χ4v) is 2.45. The Morgan fingerprint density at radius 1 is 1.00 bits per heavy atom. The second-order valence-electron chi connectivity index (χ2n) is 5.41. The number of nitrogens with one attached hydrogen (secondary N) is 1. The van der Waals surface area contributed by atoms with E-state index in [0.717, 1.165) is 17.6 Å². The number of aromatic amines is 1. The summed E-state index contributed by atoms with van der Waals surface area (Å²) < 4.78 is 0. The van der Waals surface area contributed by atoms with Crippen LogP contribution in [0.15, 0.2) is 48.5 Å². The van der Waals surface area contributed by atoms with Crippen molar-refractivity contribution in [2.24, 2.45) is 5.92 Å². The molecule has 0 spiro atoms. The number of hydrogen-bond acceptors (Lipinski definition) is 1. The van der Waals surface area contributed by atoms with Gasteiger partial charge in [0.2, 0.25) is 0 Å². The fraction of sp³-hybridized carbons (Fsp3) is 0.235. The molecule has 1 heterocycles. The van der Waals surface area contributed by atoms with Crippen LogP contribution in [0.1, 0.15) is 19.4 Å². The topological polar surface area (TPSA) is 28.7 Å². The highest BCUT2D eigenvalue weighted by atomic mass is 15.1. The van der Waals surface area contributed by atoms with Gasteiger partial charge in [-0.1, -0.05) is 56.3 Å². The second kappa shape index (κ2) is 4.88. The molecule has 2 heteroatoms. The van der Waals surface area contributed by atoms with Gasteiger partial charge in [-0.3, -0.25) is 5.10 Å². The minimum Gasteiger partial charge on any atom is -0.277 e. The minimum absolute atomic E-state index is 0.692. The SMILES string of the molecule is CC(C)Cc1ccc(-c2n[nH]c3ccccc23)cc1. The van der Waals surface area contributed by atoms with Crippen LogP contribution in [0.3, 0.4) is 0 Å². The summed E-state index contributed by atoms with van der Waals surface area (Å²) in [7, 11) is 0. The van der Waals surface area contributed by atoms with E-state index in [0.29, 0.717) is 5.92 Å². The average molecular weight is 250 g/mol. The summed E-state index contributed by atoms with van der Waals surface area (Å²) in [6.45, 7) is 4.49. The number of hydrogen-bond donors (Lipinski definition) is 1. The van der Waals surface area contributed by atoms with Crippen LogP contribution in [0.4, 0.5) is 0 Å². The molecule has 0 fully saturated rings. The van der Waals surface area contributed by atoms with Gasteiger partial charge in [0.1, 0.15) is 0 Å². The molecule has 1 N–H and O–H groups in total. The second-order valence-corrected chi connectivity index (χ2v) is 5.41. The lowest BCUT2D eigenvalue weighted by Crippen LogP contribution is -1.93. The maximum absolute atomic E-state index is 4.43. The van der Waals surface area contributed by atoms with E-state index < -0.39 is 0 Å². The maximum atomic E-state index is 4.43. The molecule has 19 heavy (non-hydrogen) atoms. The van der Waals surface area contributed by atoms with Gasteiger partial charge in [-0.2, -0.15) is 5.10 Å². The van der Waals surface area contributed by atoms with Gasteiger partial charge in [-0.15, -0.1) is 0 Å². The summed E-state index contributed by atoms with van der Waals surface area (Å²) in [5.41, 5.74) is 4.68. The largest absolute Gasteiger partial charge is 0.277 e. The van der Waals surface area contributed by atoms with Gasteiger partial charge >= 0.3 is 0 Å². The van der Waals surface area contributed by atoms with Gasteiger partial charge in [0, 0.05) is 10.9 Å². The van der Waals surface area contributed by atoms with E-state index >= 15 is 0 Å². The Bertz CT molecular complexity index is 678. The third-order valence-corrected chi connectivity index (χ3v) is 3.34. The number of rotatable bonds is 3. The predicted molar refractivity (Wildman–Crippen MR) is 80.1 cm³/mol. The lowest BCUT2D eigenvalue weighted by Gasteiger charge is -2.05. The van der Waals surface area contributed by atoms with Gasteiger partial charge in [0.15, 0.2) is 0 Å². The number of fused-ring (bicyclic) bond motifs is 1. The highest BCUT2D eigenvalue weighted by Crippen LogP contribution is 2.26. The molecule has 0 saturated heterocycles. The molecule has 0 aliphatic rings. The van der Waals surface area contributed by atoms with Crippen LogP contribution in [0.25, 0.3) is 22.2 Å². The molecule has 1 aromatic heterocycles. The lowest BCUT2D eigenvalue weighted by atomic mass is 10.0. The molecule has 2 aromatic carbocycles. The number of aromatic nitrogens is 2. The van der Waals surface area contributed by atoms with Crippen LogP contribution < -0.4 is 0 Å². The Morgan fingerprint density at radius 3 is 2.47 bits per heavy atom. The van der Waals surface area contributed by atoms with Gasteiger partial charge in [-0.25, -0.2) is 0 Å². The zero-order valence-corrected chi connectivity index (χ0v) is 11.4. The summed E-state index contributed by atoms with van der Waals surface area (Å²) in [5, 5.41) is 8.69. The smallest absolute Gasteiger partial charge is 0.0999 e. The van der Waals surface area contributed by atoms with Crippen LogP contribution in [0, 0.1) is 5.92 Å². The Balaban J connectivity index is 1.98. The van der Waals surface area contributed by atoms with Gasteiger partial charge < -0.3 is 0 Å². The summed E-state index contributed by atoms with van der Waals surface area (Å²) in [6, 6.07) is 17.0. The molecule has 96 valence electrons. The molecule has 3 rings (SSSR count). The first-order valence-corrected chi connectivity index (χ1v) is 6.76. The molecule has 0 amide bonds. The number of H-pyrrole nitrogens is 1. The van der Waals surface area contributed by atoms with Crippen molar-refractivity contribution in [1.82, 2.24) is 10.2 Å². The van der Waals surface area contributed by atoms with Crippen LogP contribution in [-0.2, 0) is 6.42 Å². The molecule has 0 aliphatic heterocycles. The molecule has 0 atom stereocenters. The quantitative estimate of drug-likeness (QED) is 0.732. The first kappa shape index (κ1) is 12.0. The Morgan fingerprint density at radius 2 is 1.74 bits per heavy atom. The van der Waals surface area contributed by atoms with Crippen LogP contribution in [0.2, 0.25) is 0 Å². The van der Waals surface area contributed by atoms with E-state index in [2.05, 4.69) is 66.5 Å². The zero-order valence-electron chi connectivity index (χ0n) is 11.4. The number of benzene rings is 2. The van der Waals surface area contributed by atoms with E-state index in [1.54, 1.807) is 0 Å². The van der Waals surface area contributed by atoms with Crippen molar-refractivity contribution in [3.8, 4) is 11.3 Å². The molecule has 0 unspecified atom stereocenters. The third-order valence-electron chi connectivity index (χ3n) is 3.34. The van der Waals surface area contributed by atoms with Crippen molar-refractivity contribution >= 4 is 10.9 Å². The van der Waals surface area contributed by atoms with Gasteiger partial charge in [0.05, 0.1) is 11.2 Å². The molecule has 0 radical (unpaired) electrons. The van der Waals surface area contributed by atoms with E-state index in [1.165, 1.54) is 16.5 Å². The van der Waals surface area contributed by atoms with Crippen molar-refractivity contribution in [1.29, 1.82) is 0 Å². The van der Waals surface area contributed by atoms with Crippen molar-refractivity contribution in [2.75, 3.05) is 0 Å². The standard InChI is InChI=1S/C17H18N2/c1-12(2)11-13-7-9-14(10-8-13)17-15-5-3-4-6-16(15)18-19-17/h3-10,12H,11H2,1-2H3,(H,18,19). The van der Waals surface area contributed by atoms with Gasteiger partial charge in [0.25, 0.3) is 0 Å². The number of para-hydroxylation sites is 1. The van der Waals surface area contributed by atoms with Crippen LogP contribution in [0.5, 0.6) is 0 Å². The molecule has 3 aromatic rings. The molecular formula is C17H18N2. The highest BCUT2D eigenvalue weighted by molar-refractivity contribution is 5.92. The summed E-state index contributed by atoms with van der Waals surface area (Å²) in [6.07, 6.45) is 1.13. The fourth-order valence-electron chi connectivity index (χ4n) is 2.45. The van der Waals surface area contributed by atoms with E-state index in [9.17, 15) is 0 Å². The van der Waals surface area contributed by atoms with E-state index in [1.807, 2.05) is 6.07 Å². The van der Waals surface area contributed by atoms with Crippen LogP contribution in [-0.4, -0.2) is 10.2 Å². The van der Waals surface area contributed by atoms with Crippen molar-refractivity contribution in [3.63, 3.8) is 0 Å². The summed E-state index contributed by atoms with van der Waals surface area (Å²) in [4.78, 5) is 0. The van der Waals surface area contributed by atoms with Crippen LogP contribution >= 0.6 is 0 Å². The molecule has 0 saturated carbocycles. The van der Waals surface area contributed by atoms with Crippen molar-refractivity contribution in [2.45, 2.75) is 20.3 Å². The Labute approximate surface area is 113 Å². The Kier molecular flexibility index (Phi) is 3.08. The Hall–Kier alpha value is -2.09. The van der Waals surface area contributed by atoms with Crippen molar-refractivity contribution < 1.29 is 0 Å². The maximum Gasteiger partial charge on any atom is 0.0999 e.